The van der Waals surface area contributed by atoms with E-state index in [9.17, 15) is 29.6 Å². The van der Waals surface area contributed by atoms with E-state index in [2.05, 4.69) is 15.9 Å². The number of Topliss-reactive ketones (excluding diaryl/α,β-unsaturated/α-hetero) is 1. The van der Waals surface area contributed by atoms with Crippen LogP contribution in [0.2, 0.25) is 0 Å². The first kappa shape index (κ1) is 20.2. The molecule has 1 fully saturated rings. The SMILES string of the molecule is O=C(O)CN1C(=O)C(=O)/C(=C(/O)c2ccc([N+](=O)[O-])cc2)[C@H]1c1ccc(Br)cc1. The van der Waals surface area contributed by atoms with Crippen LogP contribution in [0.3, 0.4) is 0 Å². The first-order chi connectivity index (χ1) is 13.7. The number of nitrogens with zero attached hydrogens (tertiary/aromatic N) is 2. The minimum Gasteiger partial charge on any atom is -0.507 e. The highest BCUT2D eigenvalue weighted by Crippen LogP contribution is 2.39. The Morgan fingerprint density at radius 3 is 2.17 bits per heavy atom. The molecule has 0 saturated carbocycles. The van der Waals surface area contributed by atoms with Gasteiger partial charge in [0.25, 0.3) is 17.4 Å². The van der Waals surface area contributed by atoms with Gasteiger partial charge in [0.2, 0.25) is 0 Å². The summed E-state index contributed by atoms with van der Waals surface area (Å²) in [6.07, 6.45) is 0. The van der Waals surface area contributed by atoms with Gasteiger partial charge in [-0.3, -0.25) is 24.5 Å². The standard InChI is InChI=1S/C19H13BrN2O7/c20-12-5-1-10(2-6-12)16-15(18(26)19(27)21(16)9-14(23)24)17(25)11-3-7-13(8-4-11)22(28)29/h1-8,16,25H,9H2,(H,23,24)/b17-15+/t16-/m1/s1. The van der Waals surface area contributed by atoms with E-state index in [1.807, 2.05) is 0 Å². The topological polar surface area (TPSA) is 138 Å². The molecule has 9 nitrogen and oxygen atoms in total. The van der Waals surface area contributed by atoms with E-state index < -0.39 is 40.9 Å². The van der Waals surface area contributed by atoms with Gasteiger partial charge in [-0.25, -0.2) is 0 Å². The lowest BCUT2D eigenvalue weighted by molar-refractivity contribution is -0.384. The maximum Gasteiger partial charge on any atom is 0.323 e. The number of hydrogen-bond donors (Lipinski definition) is 2. The number of nitro benzene ring substituents is 1. The third-order valence-corrected chi connectivity index (χ3v) is 4.91. The Labute approximate surface area is 172 Å². The molecule has 2 aromatic rings. The number of likely N-dealkylation sites (tertiary alicyclic amines) is 1. The summed E-state index contributed by atoms with van der Waals surface area (Å²) in [7, 11) is 0. The molecular weight excluding hydrogens is 448 g/mol. The fourth-order valence-electron chi connectivity index (χ4n) is 3.08. The Balaban J connectivity index is 2.16. The number of halogens is 1. The lowest BCUT2D eigenvalue weighted by atomic mass is 9.95. The zero-order valence-corrected chi connectivity index (χ0v) is 16.2. The first-order valence-electron chi connectivity index (χ1n) is 8.21. The quantitative estimate of drug-likeness (QED) is 0.230. The zero-order chi connectivity index (χ0) is 21.3. The molecule has 2 aromatic carbocycles. The van der Waals surface area contributed by atoms with Crippen molar-refractivity contribution in [2.24, 2.45) is 0 Å². The second-order valence-electron chi connectivity index (χ2n) is 6.18. The molecule has 1 saturated heterocycles. The van der Waals surface area contributed by atoms with Crippen molar-refractivity contribution in [1.29, 1.82) is 0 Å². The maximum absolute atomic E-state index is 12.6. The van der Waals surface area contributed by atoms with E-state index in [1.165, 1.54) is 12.1 Å². The molecule has 1 atom stereocenters. The number of carbonyl (C=O) groups excluding carboxylic acids is 2. The van der Waals surface area contributed by atoms with E-state index in [-0.39, 0.29) is 16.8 Å². The lowest BCUT2D eigenvalue weighted by Crippen LogP contribution is -2.34. The number of aliphatic carboxylic acids is 1. The van der Waals surface area contributed by atoms with Gasteiger partial charge in [-0.1, -0.05) is 28.1 Å². The van der Waals surface area contributed by atoms with Gasteiger partial charge in [0.05, 0.1) is 16.5 Å². The highest BCUT2D eigenvalue weighted by atomic mass is 79.9. The third kappa shape index (κ3) is 3.87. The van der Waals surface area contributed by atoms with Crippen LogP contribution >= 0.6 is 15.9 Å². The van der Waals surface area contributed by atoms with E-state index in [1.54, 1.807) is 24.3 Å². The average molecular weight is 461 g/mol. The molecule has 10 heteroatoms. The van der Waals surface area contributed by atoms with Gasteiger partial charge in [-0.15, -0.1) is 0 Å². The number of nitro groups is 1. The van der Waals surface area contributed by atoms with E-state index in [0.717, 1.165) is 21.5 Å². The number of amides is 1. The van der Waals surface area contributed by atoms with Crippen LogP contribution in [-0.2, 0) is 14.4 Å². The molecule has 29 heavy (non-hydrogen) atoms. The molecule has 0 radical (unpaired) electrons. The summed E-state index contributed by atoms with van der Waals surface area (Å²) >= 11 is 3.27. The molecular formula is C19H13BrN2O7. The van der Waals surface area contributed by atoms with Crippen LogP contribution in [0.5, 0.6) is 0 Å². The number of carbonyl (C=O) groups is 3. The van der Waals surface area contributed by atoms with Crippen LogP contribution in [0, 0.1) is 10.1 Å². The van der Waals surface area contributed by atoms with Crippen molar-refractivity contribution >= 4 is 45.0 Å². The normalized spacial score (nSPS) is 18.1. The summed E-state index contributed by atoms with van der Waals surface area (Å²) in [5, 5.41) is 30.7. The van der Waals surface area contributed by atoms with E-state index in [4.69, 9.17) is 5.11 Å². The van der Waals surface area contributed by atoms with Crippen molar-refractivity contribution in [3.8, 4) is 0 Å². The molecule has 148 valence electrons. The van der Waals surface area contributed by atoms with Crippen LogP contribution in [0.4, 0.5) is 5.69 Å². The molecule has 1 aliphatic rings. The predicted octanol–water partition coefficient (Wildman–Crippen LogP) is 2.86. The number of hydrogen-bond acceptors (Lipinski definition) is 6. The van der Waals surface area contributed by atoms with Gasteiger partial charge in [0, 0.05) is 22.2 Å². The molecule has 0 aliphatic carbocycles. The molecule has 1 amide bonds. The van der Waals surface area contributed by atoms with Gasteiger partial charge in [0.15, 0.2) is 0 Å². The number of benzene rings is 2. The Morgan fingerprint density at radius 1 is 1.07 bits per heavy atom. The molecule has 1 aliphatic heterocycles. The fourth-order valence-corrected chi connectivity index (χ4v) is 3.34. The number of rotatable bonds is 5. The highest BCUT2D eigenvalue weighted by Gasteiger charge is 2.46. The summed E-state index contributed by atoms with van der Waals surface area (Å²) in [5.41, 5.74) is 0.0212. The molecule has 2 N–H and O–H groups in total. The summed E-state index contributed by atoms with van der Waals surface area (Å²) in [4.78, 5) is 47.4. The first-order valence-corrected chi connectivity index (χ1v) is 9.00. The summed E-state index contributed by atoms with van der Waals surface area (Å²) in [5.74, 6) is -3.94. The summed E-state index contributed by atoms with van der Waals surface area (Å²) in [6.45, 7) is -0.734. The fraction of sp³-hybridized carbons (Fsp3) is 0.105. The number of aliphatic hydroxyl groups is 1. The molecule has 1 heterocycles. The van der Waals surface area contributed by atoms with Crippen LogP contribution in [0.25, 0.3) is 5.76 Å². The van der Waals surface area contributed by atoms with Crippen molar-refractivity contribution in [2.45, 2.75) is 6.04 Å². The van der Waals surface area contributed by atoms with Crippen molar-refractivity contribution in [2.75, 3.05) is 6.54 Å². The van der Waals surface area contributed by atoms with Crippen molar-refractivity contribution < 1.29 is 29.5 Å². The largest absolute Gasteiger partial charge is 0.507 e. The smallest absolute Gasteiger partial charge is 0.323 e. The number of ketones is 1. The second-order valence-corrected chi connectivity index (χ2v) is 7.09. The van der Waals surface area contributed by atoms with Crippen molar-refractivity contribution in [3.05, 3.63) is 79.8 Å². The average Bonchev–Trinajstić information content (AvgIpc) is 2.92. The summed E-state index contributed by atoms with van der Waals surface area (Å²) in [6, 6.07) is 10.2. The third-order valence-electron chi connectivity index (χ3n) is 4.38. The second kappa shape index (κ2) is 7.84. The highest BCUT2D eigenvalue weighted by molar-refractivity contribution is 9.10. The van der Waals surface area contributed by atoms with Gasteiger partial charge in [-0.05, 0) is 29.8 Å². The minimum atomic E-state index is -1.32. The van der Waals surface area contributed by atoms with Crippen molar-refractivity contribution in [3.63, 3.8) is 0 Å². The lowest BCUT2D eigenvalue weighted by Gasteiger charge is -2.23. The number of carboxylic acids is 1. The Morgan fingerprint density at radius 2 is 1.66 bits per heavy atom. The molecule has 0 aromatic heterocycles. The molecule has 0 spiro atoms. The minimum absolute atomic E-state index is 0.0889. The van der Waals surface area contributed by atoms with Gasteiger partial charge < -0.3 is 15.1 Å². The van der Waals surface area contributed by atoms with Crippen LogP contribution < -0.4 is 0 Å². The van der Waals surface area contributed by atoms with Crippen LogP contribution in [0.15, 0.2) is 58.6 Å². The number of carboxylic acid groups (broad SMARTS) is 1. The maximum atomic E-state index is 12.6. The van der Waals surface area contributed by atoms with Crippen LogP contribution in [0.1, 0.15) is 17.2 Å². The molecule has 3 rings (SSSR count). The van der Waals surface area contributed by atoms with Gasteiger partial charge in [0.1, 0.15) is 12.3 Å². The summed E-state index contributed by atoms with van der Waals surface area (Å²) < 4.78 is 0.729. The Hall–Kier alpha value is -3.53. The number of aliphatic hydroxyl groups excluding tert-OH is 1. The number of non-ortho nitro benzene ring substituents is 1. The predicted molar refractivity (Wildman–Crippen MR) is 104 cm³/mol. The zero-order valence-electron chi connectivity index (χ0n) is 14.6. The van der Waals surface area contributed by atoms with E-state index >= 15 is 0 Å². The van der Waals surface area contributed by atoms with Gasteiger partial charge in [-0.2, -0.15) is 0 Å². The molecule has 0 unspecified atom stereocenters. The van der Waals surface area contributed by atoms with E-state index in [0.29, 0.717) is 5.56 Å². The van der Waals surface area contributed by atoms with Gasteiger partial charge >= 0.3 is 5.97 Å². The Kier molecular flexibility index (Phi) is 5.46. The Bertz CT molecular complexity index is 1050. The van der Waals surface area contributed by atoms with Crippen LogP contribution in [-0.4, -0.2) is 44.2 Å². The molecule has 0 bridgehead atoms. The van der Waals surface area contributed by atoms with Crippen molar-refractivity contribution in [1.82, 2.24) is 4.90 Å². The monoisotopic (exact) mass is 460 g/mol.